The van der Waals surface area contributed by atoms with Crippen molar-refractivity contribution < 1.29 is 85.2 Å². The molecule has 0 saturated carbocycles. The lowest BCUT2D eigenvalue weighted by molar-refractivity contribution is -0.305. The van der Waals surface area contributed by atoms with E-state index in [0.717, 1.165) is 0 Å². The zero-order valence-electron chi connectivity index (χ0n) is 50.2. The van der Waals surface area contributed by atoms with Gasteiger partial charge in [-0.2, -0.15) is 0 Å². The van der Waals surface area contributed by atoms with Crippen LogP contribution in [0.4, 0.5) is 4.79 Å². The highest BCUT2D eigenvalue weighted by Gasteiger charge is 2.51. The number of ether oxygens (including phenoxy) is 10. The third-order valence-corrected chi connectivity index (χ3v) is 17.4. The van der Waals surface area contributed by atoms with Crippen molar-refractivity contribution >= 4 is 33.6 Å². The van der Waals surface area contributed by atoms with E-state index >= 15 is 9.59 Å². The van der Waals surface area contributed by atoms with Crippen molar-refractivity contribution in [2.24, 2.45) is 40.7 Å². The predicted molar refractivity (Wildman–Crippen MR) is 295 cm³/mol. The SMILES string of the molecule is CCON=C1C[C@@H](C)O[C@@H](O[C@@H]2[C@@H](C)[C@H](O[C@H]3C[C@@H](C)N(C)C[C@H](C)O3)[C@@H](C)C(=O)O[C@@H](C(C)CO[C@@H]3O[C@H](C)[C@@H](O)[C@@H](OC)[C@H]3OC)[C@@H](C)[CH][C@@H](C)C(=O)[C@@](C)(OC(=O)NC(C)(C)CNS(=O)(=O)c3ccccc3)C[C@@H]2C)[C@@H]1O. The highest BCUT2D eigenvalue weighted by molar-refractivity contribution is 7.89. The number of methoxy groups -OCH3 is 2. The molecule has 22 nitrogen and oxygen atoms in total. The summed E-state index contributed by atoms with van der Waals surface area (Å²) in [5.74, 6) is -5.78. The number of esters is 1. The first-order chi connectivity index (χ1) is 37.5. The van der Waals surface area contributed by atoms with Gasteiger partial charge in [-0.25, -0.2) is 17.9 Å². The number of hydrogen-bond acceptors (Lipinski definition) is 20. The fraction of sp³-hybridized carbons (Fsp3) is 0.807. The number of aliphatic hydroxyl groups excluding tert-OH is 2. The lowest BCUT2D eigenvalue weighted by Gasteiger charge is -2.44. The highest BCUT2D eigenvalue weighted by Crippen LogP contribution is 2.39. The smallest absolute Gasteiger partial charge is 0.408 e. The summed E-state index contributed by atoms with van der Waals surface area (Å²) in [5, 5.41) is 29.7. The minimum atomic E-state index is -3.97. The molecule has 0 spiro atoms. The second kappa shape index (κ2) is 29.4. The first-order valence-electron chi connectivity index (χ1n) is 28.3. The van der Waals surface area contributed by atoms with Crippen LogP contribution in [0.2, 0.25) is 0 Å². The fourth-order valence-electron chi connectivity index (χ4n) is 11.4. The molecule has 457 valence electrons. The van der Waals surface area contributed by atoms with Crippen LogP contribution in [0.1, 0.15) is 116 Å². The number of Topliss-reactive ketones (excluding diaryl/α,β-unsaturated/α-hetero) is 1. The van der Waals surface area contributed by atoms with E-state index < -0.39 is 148 Å². The van der Waals surface area contributed by atoms with Crippen LogP contribution in [0.3, 0.4) is 0 Å². The van der Waals surface area contributed by atoms with Gasteiger partial charge in [0.2, 0.25) is 10.0 Å². The van der Waals surface area contributed by atoms with Gasteiger partial charge in [0, 0.05) is 63.9 Å². The first-order valence-corrected chi connectivity index (χ1v) is 29.8. The van der Waals surface area contributed by atoms with Crippen molar-refractivity contribution in [2.45, 2.75) is 218 Å². The van der Waals surface area contributed by atoms with E-state index in [1.165, 1.54) is 33.3 Å². The Labute approximate surface area is 475 Å². The quantitative estimate of drug-likeness (QED) is 0.106. The Morgan fingerprint density at radius 1 is 0.912 bits per heavy atom. The number of nitrogens with zero attached hydrogens (tertiary/aromatic N) is 2. The van der Waals surface area contributed by atoms with Gasteiger partial charge in [-0.05, 0) is 106 Å². The highest BCUT2D eigenvalue weighted by atomic mass is 32.2. The van der Waals surface area contributed by atoms with Crippen LogP contribution < -0.4 is 10.0 Å². The Morgan fingerprint density at radius 3 is 2.21 bits per heavy atom. The van der Waals surface area contributed by atoms with Crippen molar-refractivity contribution in [3.05, 3.63) is 36.8 Å². The number of likely N-dealkylation sites (N-methyl/N-ethyl adjacent to an activating group) is 1. The molecule has 80 heavy (non-hydrogen) atoms. The molecule has 0 aromatic heterocycles. The molecule has 4 aliphatic heterocycles. The number of cyclic esters (lactones) is 1. The molecule has 5 rings (SSSR count). The maximum absolute atomic E-state index is 15.4. The van der Waals surface area contributed by atoms with E-state index in [9.17, 15) is 23.4 Å². The zero-order valence-corrected chi connectivity index (χ0v) is 51.0. The molecule has 1 aromatic rings. The summed E-state index contributed by atoms with van der Waals surface area (Å²) in [4.78, 5) is 52.5. The summed E-state index contributed by atoms with van der Waals surface area (Å²) >= 11 is 0. The lowest BCUT2D eigenvalue weighted by Crippen LogP contribution is -2.59. The van der Waals surface area contributed by atoms with Gasteiger partial charge in [-0.15, -0.1) is 0 Å². The van der Waals surface area contributed by atoms with Crippen molar-refractivity contribution in [1.29, 1.82) is 0 Å². The molecular formula is C57H95N4O18S. The summed E-state index contributed by atoms with van der Waals surface area (Å²) in [6.07, 6.45) is -10.2. The van der Waals surface area contributed by atoms with Crippen LogP contribution >= 0.6 is 0 Å². The van der Waals surface area contributed by atoms with Gasteiger partial charge < -0.3 is 72.6 Å². The summed E-state index contributed by atoms with van der Waals surface area (Å²) in [5.41, 5.74) is -2.85. The normalized spacial score (nSPS) is 38.6. The average Bonchev–Trinajstić information content (AvgIpc) is 3.51. The molecule has 1 amide bonds. The van der Waals surface area contributed by atoms with Crippen molar-refractivity contribution in [2.75, 3.05) is 47.6 Å². The van der Waals surface area contributed by atoms with Crippen molar-refractivity contribution in [3.63, 3.8) is 0 Å². The second-order valence-corrected chi connectivity index (χ2v) is 25.4. The maximum atomic E-state index is 15.4. The third-order valence-electron chi connectivity index (χ3n) is 16.0. The van der Waals surface area contributed by atoms with Gasteiger partial charge in [0.05, 0.1) is 59.2 Å². The Morgan fingerprint density at radius 2 is 1.57 bits per heavy atom. The van der Waals surface area contributed by atoms with Gasteiger partial charge >= 0.3 is 12.1 Å². The summed E-state index contributed by atoms with van der Waals surface area (Å²) in [6, 6.07) is 7.84. The Kier molecular flexibility index (Phi) is 24.7. The molecule has 0 bridgehead atoms. The van der Waals surface area contributed by atoms with Crippen LogP contribution in [-0.2, 0) is 71.8 Å². The van der Waals surface area contributed by atoms with Crippen LogP contribution in [0, 0.1) is 41.9 Å². The minimum absolute atomic E-state index is 0.0197. The fourth-order valence-corrected chi connectivity index (χ4v) is 12.6. The maximum Gasteiger partial charge on any atom is 0.408 e. The van der Waals surface area contributed by atoms with Crippen LogP contribution in [0.15, 0.2) is 40.4 Å². The topological polar surface area (TPSA) is 267 Å². The third kappa shape index (κ3) is 17.6. The van der Waals surface area contributed by atoms with Crippen LogP contribution in [-0.4, -0.2) is 192 Å². The predicted octanol–water partition coefficient (Wildman–Crippen LogP) is 5.40. The summed E-state index contributed by atoms with van der Waals surface area (Å²) in [7, 11) is 0.971. The number of benzene rings is 1. The van der Waals surface area contributed by atoms with Gasteiger partial charge in [0.25, 0.3) is 0 Å². The molecule has 4 fully saturated rings. The Hall–Kier alpha value is -3.43. The van der Waals surface area contributed by atoms with E-state index in [1.54, 1.807) is 66.2 Å². The summed E-state index contributed by atoms with van der Waals surface area (Å²) < 4.78 is 92.7. The lowest BCUT2D eigenvalue weighted by atomic mass is 9.75. The molecule has 4 aliphatic rings. The summed E-state index contributed by atoms with van der Waals surface area (Å²) in [6.45, 7) is 25.4. The number of hydrogen-bond donors (Lipinski definition) is 4. The molecule has 21 atom stereocenters. The van der Waals surface area contributed by atoms with Gasteiger partial charge in [0.15, 0.2) is 30.3 Å². The number of aliphatic hydroxyl groups is 2. The van der Waals surface area contributed by atoms with E-state index in [2.05, 4.69) is 27.0 Å². The number of nitrogens with one attached hydrogen (secondary N) is 2. The monoisotopic (exact) mass is 1160 g/mol. The largest absolute Gasteiger partial charge is 0.461 e. The van der Waals surface area contributed by atoms with Crippen molar-refractivity contribution in [3.8, 4) is 0 Å². The van der Waals surface area contributed by atoms with Crippen LogP contribution in [0.5, 0.6) is 0 Å². The zero-order chi connectivity index (χ0) is 59.6. The standard InChI is InChI=1S/C57H95N4O18S/c1-18-72-60-42-26-36(7)74-53(45(42)63)78-47-33(4)27-57(14,79-55(66)59-56(12,13)30-58-80(67,68)41-22-20-19-21-23-41)51(64)32(3)24-31(2)46(34(5)29-71-54-50(70-17)49(69-16)44(62)40(11)75-54)77-52(65)39(10)48(38(47)9)76-43-25-35(6)61(15)28-37(8)73-43/h19-24,31-40,43-50,53-54,58,62-63H,18,25-30H2,1-17H3,(H,59,66)/t31-,32+,33-,34?,35+,36+,37-,38+,39+,40+,43-,44+,45+,46+,47-,48-,49+,50+,53-,54+,57-/m0/s1. The molecule has 0 aliphatic carbocycles. The minimum Gasteiger partial charge on any atom is -0.461 e. The number of carbonyl (C=O) groups excluding carboxylic acids is 3. The van der Waals surface area contributed by atoms with E-state index in [4.69, 9.17) is 52.2 Å². The van der Waals surface area contributed by atoms with E-state index in [0.29, 0.717) is 18.7 Å². The number of rotatable bonds is 18. The first kappa shape index (κ1) is 67.4. The van der Waals surface area contributed by atoms with Gasteiger partial charge in [0.1, 0.15) is 37.1 Å². The number of ketones is 1. The molecule has 23 heteroatoms. The molecule has 4 N–H and O–H groups in total. The second-order valence-electron chi connectivity index (χ2n) is 23.7. The number of sulfonamides is 1. The van der Waals surface area contributed by atoms with Crippen LogP contribution in [0.25, 0.3) is 0 Å². The van der Waals surface area contributed by atoms with E-state index in [1.807, 2.05) is 48.6 Å². The molecular weight excluding hydrogens is 1060 g/mol. The molecule has 4 saturated heterocycles. The molecule has 4 heterocycles. The number of carbonyl (C=O) groups is 3. The number of oxime groups is 1. The Balaban J connectivity index is 1.60. The number of amides is 1. The average molecular weight is 1160 g/mol. The van der Waals surface area contributed by atoms with E-state index in [-0.39, 0.29) is 49.6 Å². The van der Waals surface area contributed by atoms with Gasteiger partial charge in [-0.1, -0.05) is 58.0 Å². The molecule has 1 aromatic carbocycles. The van der Waals surface area contributed by atoms with Crippen molar-refractivity contribution in [1.82, 2.24) is 14.9 Å². The molecule has 1 radical (unpaired) electrons. The molecule has 1 unspecified atom stereocenters. The number of alkyl carbamates (subject to hydrolysis) is 1. The van der Waals surface area contributed by atoms with Gasteiger partial charge in [-0.3, -0.25) is 9.59 Å². The Bertz CT molecular complexity index is 2280.